The molecule has 6 heteroatoms. The summed E-state index contributed by atoms with van der Waals surface area (Å²) in [6.07, 6.45) is 3.87. The second kappa shape index (κ2) is 6.35. The summed E-state index contributed by atoms with van der Waals surface area (Å²) >= 11 is 1.45. The number of rotatable bonds is 4. The van der Waals surface area contributed by atoms with E-state index in [0.29, 0.717) is 18.0 Å². The highest BCUT2D eigenvalue weighted by atomic mass is 32.1. The number of nitrogens with one attached hydrogen (secondary N) is 1. The first-order valence-electron chi connectivity index (χ1n) is 7.03. The number of aryl methyl sites for hydroxylation is 2. The quantitative estimate of drug-likeness (QED) is 0.895. The molecule has 1 aliphatic rings. The molecule has 0 radical (unpaired) electrons. The van der Waals surface area contributed by atoms with Gasteiger partial charge in [-0.2, -0.15) is 0 Å². The molecular weight excluding hydrogens is 276 g/mol. The summed E-state index contributed by atoms with van der Waals surface area (Å²) in [5, 5.41) is 12.6. The fourth-order valence-electron chi connectivity index (χ4n) is 2.75. The van der Waals surface area contributed by atoms with Gasteiger partial charge in [0.25, 0.3) is 0 Å². The highest BCUT2D eigenvalue weighted by molar-refractivity contribution is 7.15. The zero-order chi connectivity index (χ0) is 14.7. The Morgan fingerprint density at radius 3 is 2.55 bits per heavy atom. The molecule has 1 aromatic rings. The maximum atomic E-state index is 12.3. The van der Waals surface area contributed by atoms with Crippen molar-refractivity contribution >= 4 is 28.3 Å². The van der Waals surface area contributed by atoms with E-state index in [1.807, 2.05) is 13.8 Å². The molecule has 20 heavy (non-hydrogen) atoms. The van der Waals surface area contributed by atoms with Crippen LogP contribution in [0.1, 0.15) is 43.2 Å². The first kappa shape index (κ1) is 15.0. The first-order valence-corrected chi connectivity index (χ1v) is 7.84. The van der Waals surface area contributed by atoms with Crippen molar-refractivity contribution in [3.05, 3.63) is 10.6 Å². The normalized spacial score (nSPS) is 22.5. The molecule has 0 bridgehead atoms. The van der Waals surface area contributed by atoms with E-state index >= 15 is 0 Å². The maximum Gasteiger partial charge on any atom is 0.307 e. The molecule has 5 nitrogen and oxygen atoms in total. The fraction of sp³-hybridized carbons (Fsp3) is 0.643. The Hall–Kier alpha value is -1.43. The number of hydrogen-bond donors (Lipinski definition) is 2. The number of carboxylic acid groups (broad SMARTS) is 1. The molecule has 1 fully saturated rings. The van der Waals surface area contributed by atoms with Gasteiger partial charge in [0.15, 0.2) is 5.13 Å². The molecule has 1 aromatic heterocycles. The van der Waals surface area contributed by atoms with Crippen molar-refractivity contribution in [2.75, 3.05) is 5.32 Å². The Morgan fingerprint density at radius 2 is 2.00 bits per heavy atom. The van der Waals surface area contributed by atoms with Gasteiger partial charge in [0.2, 0.25) is 5.91 Å². The fourth-order valence-corrected chi connectivity index (χ4v) is 3.65. The molecule has 2 N–H and O–H groups in total. The number of carboxylic acids is 1. The Labute approximate surface area is 122 Å². The summed E-state index contributed by atoms with van der Waals surface area (Å²) in [5.41, 5.74) is 0.990. The highest BCUT2D eigenvalue weighted by Crippen LogP contribution is 2.32. The predicted molar refractivity (Wildman–Crippen MR) is 77.9 cm³/mol. The molecule has 1 saturated carbocycles. The van der Waals surface area contributed by atoms with Gasteiger partial charge in [0, 0.05) is 4.88 Å². The van der Waals surface area contributed by atoms with Gasteiger partial charge < -0.3 is 10.4 Å². The van der Waals surface area contributed by atoms with E-state index in [1.165, 1.54) is 11.3 Å². The van der Waals surface area contributed by atoms with Gasteiger partial charge in [0.05, 0.1) is 17.5 Å². The second-order valence-corrected chi connectivity index (χ2v) is 6.40. The van der Waals surface area contributed by atoms with E-state index in [-0.39, 0.29) is 5.91 Å². The highest BCUT2D eigenvalue weighted by Gasteiger charge is 2.36. The van der Waals surface area contributed by atoms with Crippen LogP contribution in [0.2, 0.25) is 0 Å². The Kier molecular flexibility index (Phi) is 4.75. The summed E-state index contributed by atoms with van der Waals surface area (Å²) < 4.78 is 0. The molecule has 0 spiro atoms. The minimum atomic E-state index is -0.866. The van der Waals surface area contributed by atoms with Crippen LogP contribution in [0, 0.1) is 18.8 Å². The number of anilines is 1. The molecule has 1 aliphatic carbocycles. The lowest BCUT2D eigenvalue weighted by molar-refractivity contribution is -0.147. The number of amides is 1. The molecule has 0 saturated heterocycles. The number of aliphatic carboxylic acids is 1. The zero-order valence-corrected chi connectivity index (χ0v) is 12.6. The van der Waals surface area contributed by atoms with Crippen LogP contribution in [-0.2, 0) is 16.0 Å². The van der Waals surface area contributed by atoms with Gasteiger partial charge in [-0.25, -0.2) is 4.98 Å². The predicted octanol–water partition coefficient (Wildman–Crippen LogP) is 2.84. The van der Waals surface area contributed by atoms with Crippen molar-refractivity contribution in [1.29, 1.82) is 0 Å². The summed E-state index contributed by atoms with van der Waals surface area (Å²) in [5.74, 6) is -2.06. The van der Waals surface area contributed by atoms with Crippen molar-refractivity contribution in [2.24, 2.45) is 11.8 Å². The van der Waals surface area contributed by atoms with Crippen LogP contribution < -0.4 is 5.32 Å². The number of thiazole rings is 1. The van der Waals surface area contributed by atoms with Gasteiger partial charge in [-0.15, -0.1) is 11.3 Å². The smallest absolute Gasteiger partial charge is 0.307 e. The third-order valence-electron chi connectivity index (χ3n) is 3.88. The number of nitrogens with zero attached hydrogens (tertiary/aromatic N) is 1. The lowest BCUT2D eigenvalue weighted by atomic mass is 9.79. The molecule has 110 valence electrons. The lowest BCUT2D eigenvalue weighted by Crippen LogP contribution is -2.36. The van der Waals surface area contributed by atoms with Crippen molar-refractivity contribution in [3.63, 3.8) is 0 Å². The van der Waals surface area contributed by atoms with Crippen LogP contribution in [0.15, 0.2) is 0 Å². The van der Waals surface area contributed by atoms with Crippen LogP contribution in [0.25, 0.3) is 0 Å². The summed E-state index contributed by atoms with van der Waals surface area (Å²) in [6.45, 7) is 4.00. The number of aromatic nitrogens is 1. The Morgan fingerprint density at radius 1 is 1.35 bits per heavy atom. The SMILES string of the molecule is CCc1nc(NC(=O)C2CCCCC2C(=O)O)sc1C. The van der Waals surface area contributed by atoms with Gasteiger partial charge >= 0.3 is 5.97 Å². The van der Waals surface area contributed by atoms with Crippen LogP contribution in [0.4, 0.5) is 5.13 Å². The molecular formula is C14H20N2O3S. The largest absolute Gasteiger partial charge is 0.481 e. The van der Waals surface area contributed by atoms with Crippen LogP contribution >= 0.6 is 11.3 Å². The minimum Gasteiger partial charge on any atom is -0.481 e. The van der Waals surface area contributed by atoms with Gasteiger partial charge in [0.1, 0.15) is 0 Å². The van der Waals surface area contributed by atoms with Gasteiger partial charge in [-0.1, -0.05) is 19.8 Å². The van der Waals surface area contributed by atoms with E-state index in [2.05, 4.69) is 10.3 Å². The molecule has 0 aliphatic heterocycles. The van der Waals surface area contributed by atoms with Gasteiger partial charge in [-0.05, 0) is 26.2 Å². The monoisotopic (exact) mass is 296 g/mol. The molecule has 2 unspecified atom stereocenters. The molecule has 0 aromatic carbocycles. The first-order chi connectivity index (χ1) is 9.52. The van der Waals surface area contributed by atoms with E-state index in [0.717, 1.165) is 29.8 Å². The van der Waals surface area contributed by atoms with E-state index in [4.69, 9.17) is 0 Å². The van der Waals surface area contributed by atoms with E-state index in [9.17, 15) is 14.7 Å². The van der Waals surface area contributed by atoms with Crippen LogP contribution in [0.3, 0.4) is 0 Å². The average Bonchev–Trinajstić information content (AvgIpc) is 2.78. The van der Waals surface area contributed by atoms with Crippen molar-refractivity contribution < 1.29 is 14.7 Å². The Balaban J connectivity index is 2.07. The maximum absolute atomic E-state index is 12.3. The average molecular weight is 296 g/mol. The topological polar surface area (TPSA) is 79.3 Å². The molecule has 1 amide bonds. The standard InChI is InChI=1S/C14H20N2O3S/c1-3-11-8(2)20-14(15-11)16-12(17)9-6-4-5-7-10(9)13(18)19/h9-10H,3-7H2,1-2H3,(H,18,19)(H,15,16,17). The van der Waals surface area contributed by atoms with Crippen molar-refractivity contribution in [1.82, 2.24) is 4.98 Å². The van der Waals surface area contributed by atoms with E-state index in [1.54, 1.807) is 0 Å². The zero-order valence-electron chi connectivity index (χ0n) is 11.8. The van der Waals surface area contributed by atoms with Crippen LogP contribution in [0.5, 0.6) is 0 Å². The summed E-state index contributed by atoms with van der Waals surface area (Å²) in [7, 11) is 0. The third kappa shape index (κ3) is 3.17. The van der Waals surface area contributed by atoms with Crippen LogP contribution in [-0.4, -0.2) is 22.0 Å². The van der Waals surface area contributed by atoms with Crippen molar-refractivity contribution in [2.45, 2.75) is 46.0 Å². The third-order valence-corrected chi connectivity index (χ3v) is 4.81. The minimum absolute atomic E-state index is 0.200. The number of carbonyl (C=O) groups is 2. The van der Waals surface area contributed by atoms with E-state index < -0.39 is 17.8 Å². The van der Waals surface area contributed by atoms with Crippen molar-refractivity contribution in [3.8, 4) is 0 Å². The molecule has 1 heterocycles. The van der Waals surface area contributed by atoms with Gasteiger partial charge in [-0.3, -0.25) is 9.59 Å². The molecule has 2 rings (SSSR count). The molecule has 2 atom stereocenters. The number of carbonyl (C=O) groups excluding carboxylic acids is 1. The Bertz CT molecular complexity index is 513. The number of hydrogen-bond acceptors (Lipinski definition) is 4. The summed E-state index contributed by atoms with van der Waals surface area (Å²) in [6, 6.07) is 0. The second-order valence-electron chi connectivity index (χ2n) is 5.20. The summed E-state index contributed by atoms with van der Waals surface area (Å²) in [4.78, 5) is 29.0. The lowest BCUT2D eigenvalue weighted by Gasteiger charge is -2.26.